The molecule has 1 atom stereocenters. The molecule has 1 aliphatic rings. The Bertz CT molecular complexity index is 988. The van der Waals surface area contributed by atoms with Crippen molar-refractivity contribution in [3.63, 3.8) is 0 Å². The van der Waals surface area contributed by atoms with Crippen LogP contribution < -0.4 is 10.2 Å². The fourth-order valence-corrected chi connectivity index (χ4v) is 3.71. The lowest BCUT2D eigenvalue weighted by Crippen LogP contribution is -2.48. The van der Waals surface area contributed by atoms with E-state index in [-0.39, 0.29) is 17.8 Å². The van der Waals surface area contributed by atoms with E-state index in [2.05, 4.69) is 15.2 Å². The Kier molecular flexibility index (Phi) is 4.75. The van der Waals surface area contributed by atoms with Crippen molar-refractivity contribution in [2.75, 3.05) is 18.0 Å². The molecule has 1 N–H and O–H groups in total. The van der Waals surface area contributed by atoms with Gasteiger partial charge in [-0.25, -0.2) is 4.39 Å². The fourth-order valence-electron chi connectivity index (χ4n) is 3.71. The number of para-hydroxylation sites is 1. The molecule has 1 unspecified atom stereocenters. The molecule has 2 heterocycles. The maximum atomic E-state index is 13.5. The van der Waals surface area contributed by atoms with Crippen LogP contribution in [0.4, 0.5) is 10.1 Å². The van der Waals surface area contributed by atoms with Gasteiger partial charge in [-0.15, -0.1) is 0 Å². The first-order chi connectivity index (χ1) is 13.1. The van der Waals surface area contributed by atoms with Gasteiger partial charge < -0.3 is 10.2 Å². The Hall–Kier alpha value is -2.95. The minimum Gasteiger partial charge on any atom is -0.369 e. The number of aryl methyl sites for hydroxylation is 1. The summed E-state index contributed by atoms with van der Waals surface area (Å²) in [6, 6.07) is 16.3. The van der Waals surface area contributed by atoms with E-state index in [0.29, 0.717) is 12.1 Å². The van der Waals surface area contributed by atoms with Crippen LogP contribution in [0.2, 0.25) is 0 Å². The summed E-state index contributed by atoms with van der Waals surface area (Å²) in [7, 11) is 0. The maximum Gasteiger partial charge on any atom is 0.253 e. The predicted molar refractivity (Wildman–Crippen MR) is 106 cm³/mol. The Balaban J connectivity index is 1.50. The summed E-state index contributed by atoms with van der Waals surface area (Å²) < 4.78 is 13.5. The number of amides is 1. The minimum absolute atomic E-state index is 0.0281. The molecule has 0 saturated carbocycles. The molecule has 0 radical (unpaired) electrons. The van der Waals surface area contributed by atoms with Gasteiger partial charge in [0.25, 0.3) is 5.91 Å². The summed E-state index contributed by atoms with van der Waals surface area (Å²) in [6.07, 6.45) is 1.87. The van der Waals surface area contributed by atoms with Crippen LogP contribution in [0, 0.1) is 12.7 Å². The molecule has 5 heteroatoms. The average molecular weight is 363 g/mol. The fraction of sp³-hybridized carbons (Fsp3) is 0.273. The molecular formula is C22H22FN3O. The summed E-state index contributed by atoms with van der Waals surface area (Å²) in [5, 5.41) is 4.10. The molecule has 4 rings (SSSR count). The number of hydrogen-bond donors (Lipinski definition) is 1. The number of rotatable bonds is 3. The van der Waals surface area contributed by atoms with Crippen molar-refractivity contribution >= 4 is 22.5 Å². The molecular weight excluding hydrogens is 341 g/mol. The van der Waals surface area contributed by atoms with Crippen LogP contribution in [0.1, 0.15) is 28.9 Å². The second-order valence-electron chi connectivity index (χ2n) is 7.05. The van der Waals surface area contributed by atoms with E-state index in [9.17, 15) is 9.18 Å². The van der Waals surface area contributed by atoms with Crippen LogP contribution in [0.25, 0.3) is 10.9 Å². The number of anilines is 1. The zero-order valence-corrected chi connectivity index (χ0v) is 15.3. The van der Waals surface area contributed by atoms with Gasteiger partial charge in [0.1, 0.15) is 5.82 Å². The van der Waals surface area contributed by atoms with Gasteiger partial charge in [-0.2, -0.15) is 0 Å². The van der Waals surface area contributed by atoms with E-state index in [1.807, 2.05) is 43.3 Å². The molecule has 1 saturated heterocycles. The van der Waals surface area contributed by atoms with Crippen LogP contribution in [0.15, 0.2) is 54.6 Å². The number of piperidine rings is 1. The lowest BCUT2D eigenvalue weighted by Gasteiger charge is -2.34. The highest BCUT2D eigenvalue weighted by atomic mass is 19.1. The molecule has 138 valence electrons. The molecule has 1 fully saturated rings. The Labute approximate surface area is 158 Å². The molecule has 4 nitrogen and oxygen atoms in total. The topological polar surface area (TPSA) is 45.2 Å². The van der Waals surface area contributed by atoms with E-state index in [4.69, 9.17) is 0 Å². The highest BCUT2D eigenvalue weighted by molar-refractivity contribution is 5.98. The average Bonchev–Trinajstić information content (AvgIpc) is 2.67. The molecule has 1 aromatic heterocycles. The van der Waals surface area contributed by atoms with Crippen LogP contribution in [-0.4, -0.2) is 30.0 Å². The number of carbonyl (C=O) groups excluding carboxylic acids is 1. The van der Waals surface area contributed by atoms with Gasteiger partial charge in [0, 0.05) is 30.2 Å². The van der Waals surface area contributed by atoms with Crippen molar-refractivity contribution in [1.29, 1.82) is 0 Å². The number of hydrogen-bond acceptors (Lipinski definition) is 3. The van der Waals surface area contributed by atoms with Crippen molar-refractivity contribution < 1.29 is 9.18 Å². The second kappa shape index (κ2) is 7.35. The summed E-state index contributed by atoms with van der Waals surface area (Å²) in [5.41, 5.74) is 3.08. The van der Waals surface area contributed by atoms with Crippen molar-refractivity contribution in [2.24, 2.45) is 0 Å². The van der Waals surface area contributed by atoms with Gasteiger partial charge in [0.05, 0.1) is 16.8 Å². The molecule has 2 aromatic carbocycles. The Morgan fingerprint density at radius 3 is 2.89 bits per heavy atom. The molecule has 0 spiro atoms. The molecule has 1 aliphatic heterocycles. The molecule has 3 aromatic rings. The predicted octanol–water partition coefficient (Wildman–Crippen LogP) is 4.08. The number of aromatic nitrogens is 1. The number of nitrogens with zero attached hydrogens (tertiary/aromatic N) is 2. The van der Waals surface area contributed by atoms with E-state index >= 15 is 0 Å². The monoisotopic (exact) mass is 363 g/mol. The van der Waals surface area contributed by atoms with Gasteiger partial charge in [-0.1, -0.05) is 24.3 Å². The van der Waals surface area contributed by atoms with Crippen LogP contribution >= 0.6 is 0 Å². The highest BCUT2D eigenvalue weighted by Gasteiger charge is 2.23. The molecule has 0 aliphatic carbocycles. The zero-order valence-electron chi connectivity index (χ0n) is 15.3. The molecule has 0 bridgehead atoms. The number of benzene rings is 2. The number of halogens is 1. The van der Waals surface area contributed by atoms with Crippen LogP contribution in [0.3, 0.4) is 0 Å². The largest absolute Gasteiger partial charge is 0.369 e. The third-order valence-electron chi connectivity index (χ3n) is 5.09. The number of nitrogens with one attached hydrogen (secondary N) is 1. The number of pyridine rings is 1. The highest BCUT2D eigenvalue weighted by Crippen LogP contribution is 2.22. The Morgan fingerprint density at radius 1 is 1.19 bits per heavy atom. The van der Waals surface area contributed by atoms with Gasteiger partial charge >= 0.3 is 0 Å². The van der Waals surface area contributed by atoms with Gasteiger partial charge in [-0.05, 0) is 50.1 Å². The third kappa shape index (κ3) is 3.77. The van der Waals surface area contributed by atoms with Crippen molar-refractivity contribution in [2.45, 2.75) is 25.8 Å². The van der Waals surface area contributed by atoms with Crippen molar-refractivity contribution in [3.8, 4) is 0 Å². The number of carbonyl (C=O) groups is 1. The summed E-state index contributed by atoms with van der Waals surface area (Å²) in [4.78, 5) is 19.5. The SMILES string of the molecule is Cc1nc2ccccc2cc1C(=O)NC1CCCN(c2cccc(F)c2)C1. The molecule has 1 amide bonds. The van der Waals surface area contributed by atoms with E-state index in [1.165, 1.54) is 6.07 Å². The normalized spacial score (nSPS) is 17.1. The van der Waals surface area contributed by atoms with Gasteiger partial charge in [-0.3, -0.25) is 9.78 Å². The Morgan fingerprint density at radius 2 is 2.04 bits per heavy atom. The smallest absolute Gasteiger partial charge is 0.253 e. The molecule has 27 heavy (non-hydrogen) atoms. The first-order valence-electron chi connectivity index (χ1n) is 9.28. The van der Waals surface area contributed by atoms with E-state index in [1.54, 1.807) is 12.1 Å². The summed E-state index contributed by atoms with van der Waals surface area (Å²) in [6.45, 7) is 3.41. The third-order valence-corrected chi connectivity index (χ3v) is 5.09. The quantitative estimate of drug-likeness (QED) is 0.763. The van der Waals surface area contributed by atoms with Crippen molar-refractivity contribution in [1.82, 2.24) is 10.3 Å². The first-order valence-corrected chi connectivity index (χ1v) is 9.28. The van der Waals surface area contributed by atoms with Gasteiger partial charge in [0.15, 0.2) is 0 Å². The number of fused-ring (bicyclic) bond motifs is 1. The first kappa shape index (κ1) is 17.5. The standard InChI is InChI=1S/C22H22FN3O/c1-15-20(12-16-6-2-3-10-21(16)24-15)22(27)25-18-8-5-11-26(14-18)19-9-4-7-17(23)13-19/h2-4,6-7,9-10,12-13,18H,5,8,11,14H2,1H3,(H,25,27). The lowest BCUT2D eigenvalue weighted by molar-refractivity contribution is 0.0932. The summed E-state index contributed by atoms with van der Waals surface area (Å²) >= 11 is 0. The van der Waals surface area contributed by atoms with Crippen molar-refractivity contribution in [3.05, 3.63) is 71.7 Å². The maximum absolute atomic E-state index is 13.5. The second-order valence-corrected chi connectivity index (χ2v) is 7.05. The van der Waals surface area contributed by atoms with E-state index in [0.717, 1.165) is 41.7 Å². The lowest BCUT2D eigenvalue weighted by atomic mass is 10.0. The van der Waals surface area contributed by atoms with Crippen LogP contribution in [-0.2, 0) is 0 Å². The van der Waals surface area contributed by atoms with E-state index < -0.39 is 0 Å². The minimum atomic E-state index is -0.239. The van der Waals surface area contributed by atoms with Crippen LogP contribution in [0.5, 0.6) is 0 Å². The van der Waals surface area contributed by atoms with Gasteiger partial charge in [0.2, 0.25) is 0 Å². The summed E-state index contributed by atoms with van der Waals surface area (Å²) in [5.74, 6) is -0.339. The zero-order chi connectivity index (χ0) is 18.8.